The van der Waals surface area contributed by atoms with E-state index in [0.717, 1.165) is 0 Å². The summed E-state index contributed by atoms with van der Waals surface area (Å²) in [6, 6.07) is -2.25. The van der Waals surface area contributed by atoms with Crippen LogP contribution in [-0.4, -0.2) is 53.9 Å². The van der Waals surface area contributed by atoms with Crippen LogP contribution in [0.1, 0.15) is 12.8 Å². The fourth-order valence-corrected chi connectivity index (χ4v) is 1.49. The summed E-state index contributed by atoms with van der Waals surface area (Å²) in [5, 5.41) is 8.82. The number of rotatable bonds is 5. The Bertz CT molecular complexity index is 314. The summed E-state index contributed by atoms with van der Waals surface area (Å²) in [6.07, 6.45) is -4.30. The summed E-state index contributed by atoms with van der Waals surface area (Å²) in [7, 11) is 1.17. The van der Waals surface area contributed by atoms with Crippen molar-refractivity contribution in [2.45, 2.75) is 31.1 Å². The molecule has 0 bridgehead atoms. The minimum absolute atomic E-state index is 0.367. The third-order valence-electron chi connectivity index (χ3n) is 2.36. The van der Waals surface area contributed by atoms with Gasteiger partial charge in [0.25, 0.3) is 0 Å². The number of carboxylic acids is 1. The van der Waals surface area contributed by atoms with E-state index in [2.05, 4.69) is 4.74 Å². The molecule has 0 radical (unpaired) electrons. The normalized spacial score (nSPS) is 17.6. The molecule has 98 valence electrons. The van der Waals surface area contributed by atoms with E-state index in [1.165, 1.54) is 7.11 Å². The van der Waals surface area contributed by atoms with Gasteiger partial charge in [0.1, 0.15) is 0 Å². The average Bonchev–Trinajstić information content (AvgIpc) is 2.99. The number of hydrogen-bond donors (Lipinski definition) is 1. The predicted molar refractivity (Wildman–Crippen MR) is 49.2 cm³/mol. The van der Waals surface area contributed by atoms with E-state index < -0.39 is 36.7 Å². The Morgan fingerprint density at radius 3 is 2.29 bits per heavy atom. The van der Waals surface area contributed by atoms with E-state index >= 15 is 0 Å². The number of alkyl halides is 3. The van der Waals surface area contributed by atoms with Crippen molar-refractivity contribution in [3.63, 3.8) is 0 Å². The van der Waals surface area contributed by atoms with Crippen molar-refractivity contribution in [2.75, 3.05) is 13.7 Å². The zero-order valence-electron chi connectivity index (χ0n) is 9.03. The average molecular weight is 255 g/mol. The number of halogens is 3. The molecule has 1 aliphatic carbocycles. The van der Waals surface area contributed by atoms with Gasteiger partial charge in [-0.1, -0.05) is 0 Å². The number of carbonyl (C=O) groups is 2. The van der Waals surface area contributed by atoms with Gasteiger partial charge < -0.3 is 14.7 Å². The second-order valence-corrected chi connectivity index (χ2v) is 3.75. The second kappa shape index (κ2) is 4.91. The van der Waals surface area contributed by atoms with Gasteiger partial charge in [0.05, 0.1) is 6.61 Å². The first kappa shape index (κ1) is 13.8. The van der Waals surface area contributed by atoms with E-state index in [-0.39, 0.29) is 0 Å². The van der Waals surface area contributed by atoms with E-state index in [9.17, 15) is 22.8 Å². The molecule has 1 atom stereocenters. The first-order chi connectivity index (χ1) is 7.79. The Hall–Kier alpha value is -1.31. The highest BCUT2D eigenvalue weighted by Crippen LogP contribution is 2.32. The Morgan fingerprint density at radius 2 is 2.00 bits per heavy atom. The van der Waals surface area contributed by atoms with Crippen molar-refractivity contribution in [1.82, 2.24) is 4.90 Å². The zero-order valence-corrected chi connectivity index (χ0v) is 9.03. The Balaban J connectivity index is 2.90. The second-order valence-electron chi connectivity index (χ2n) is 3.75. The van der Waals surface area contributed by atoms with Crippen LogP contribution in [0.3, 0.4) is 0 Å². The van der Waals surface area contributed by atoms with Gasteiger partial charge in [-0.05, 0) is 12.8 Å². The number of aliphatic carboxylic acids is 1. The topological polar surface area (TPSA) is 66.8 Å². The molecule has 1 saturated carbocycles. The highest BCUT2D eigenvalue weighted by Gasteiger charge is 2.51. The lowest BCUT2D eigenvalue weighted by atomic mass is 10.2. The van der Waals surface area contributed by atoms with Crippen molar-refractivity contribution in [3.05, 3.63) is 0 Å². The van der Waals surface area contributed by atoms with Crippen LogP contribution in [0.2, 0.25) is 0 Å². The summed E-state index contributed by atoms with van der Waals surface area (Å²) in [6.45, 7) is -0.465. The molecule has 1 N–H and O–H groups in total. The Morgan fingerprint density at radius 1 is 1.47 bits per heavy atom. The first-order valence-electron chi connectivity index (χ1n) is 4.90. The monoisotopic (exact) mass is 255 g/mol. The van der Waals surface area contributed by atoms with Crippen molar-refractivity contribution < 1.29 is 32.6 Å². The lowest BCUT2D eigenvalue weighted by Gasteiger charge is -2.29. The van der Waals surface area contributed by atoms with Gasteiger partial charge in [0, 0.05) is 13.2 Å². The van der Waals surface area contributed by atoms with E-state index in [1.807, 2.05) is 0 Å². The first-order valence-corrected chi connectivity index (χ1v) is 4.90. The number of carboxylic acid groups (broad SMARTS) is 1. The van der Waals surface area contributed by atoms with Gasteiger partial charge in [0.15, 0.2) is 6.04 Å². The van der Waals surface area contributed by atoms with Gasteiger partial charge in [-0.25, -0.2) is 4.79 Å². The molecule has 0 aliphatic heterocycles. The summed E-state index contributed by atoms with van der Waals surface area (Å²) >= 11 is 0. The van der Waals surface area contributed by atoms with Gasteiger partial charge in [0.2, 0.25) is 0 Å². The van der Waals surface area contributed by atoms with Crippen LogP contribution in [-0.2, 0) is 14.3 Å². The summed E-state index contributed by atoms with van der Waals surface area (Å²) in [5.74, 6) is -3.62. The smallest absolute Gasteiger partial charge is 0.471 e. The molecule has 8 heteroatoms. The number of ether oxygens (including phenoxy) is 1. The van der Waals surface area contributed by atoms with Crippen LogP contribution >= 0.6 is 0 Å². The number of hydrogen-bond acceptors (Lipinski definition) is 3. The SMILES string of the molecule is COCC(C(=O)O)N(C(=O)C(F)(F)F)C1CC1. The van der Waals surface area contributed by atoms with Crippen molar-refractivity contribution in [3.8, 4) is 0 Å². The van der Waals surface area contributed by atoms with Crippen molar-refractivity contribution >= 4 is 11.9 Å². The van der Waals surface area contributed by atoms with Gasteiger partial charge >= 0.3 is 18.1 Å². The molecule has 0 heterocycles. The van der Waals surface area contributed by atoms with Crippen LogP contribution < -0.4 is 0 Å². The molecule has 1 amide bonds. The van der Waals surface area contributed by atoms with Crippen LogP contribution in [0, 0.1) is 0 Å². The maximum atomic E-state index is 12.3. The molecule has 0 aromatic rings. The van der Waals surface area contributed by atoms with E-state index in [0.29, 0.717) is 17.7 Å². The molecule has 1 rings (SSSR count). The van der Waals surface area contributed by atoms with Crippen molar-refractivity contribution in [2.24, 2.45) is 0 Å². The fraction of sp³-hybridized carbons (Fsp3) is 0.778. The molecule has 5 nitrogen and oxygen atoms in total. The quantitative estimate of drug-likeness (QED) is 0.782. The standard InChI is InChI=1S/C9H12F3NO4/c1-17-4-6(7(14)15)13(5-2-3-5)8(16)9(10,11)12/h5-6H,2-4H2,1H3,(H,14,15). The molecule has 0 spiro atoms. The minimum Gasteiger partial charge on any atom is -0.480 e. The number of carbonyl (C=O) groups excluding carboxylic acids is 1. The third-order valence-corrected chi connectivity index (χ3v) is 2.36. The van der Waals surface area contributed by atoms with Crippen molar-refractivity contribution in [1.29, 1.82) is 0 Å². The third kappa shape index (κ3) is 3.32. The highest BCUT2D eigenvalue weighted by atomic mass is 19.4. The maximum Gasteiger partial charge on any atom is 0.471 e. The Labute approximate surface area is 95.1 Å². The summed E-state index contributed by atoms with van der Waals surface area (Å²) < 4.78 is 41.5. The highest BCUT2D eigenvalue weighted by molar-refractivity contribution is 5.87. The van der Waals surface area contributed by atoms with Crippen LogP contribution in [0.4, 0.5) is 13.2 Å². The molecule has 1 fully saturated rings. The van der Waals surface area contributed by atoms with Crippen LogP contribution in [0.25, 0.3) is 0 Å². The lowest BCUT2D eigenvalue weighted by Crippen LogP contribution is -2.53. The maximum absolute atomic E-state index is 12.3. The zero-order chi connectivity index (χ0) is 13.2. The van der Waals surface area contributed by atoms with Crippen LogP contribution in [0.15, 0.2) is 0 Å². The molecule has 1 unspecified atom stereocenters. The molecule has 17 heavy (non-hydrogen) atoms. The molecule has 0 aromatic heterocycles. The van der Waals surface area contributed by atoms with Gasteiger partial charge in [-0.3, -0.25) is 4.79 Å². The number of amides is 1. The van der Waals surface area contributed by atoms with E-state index in [1.54, 1.807) is 0 Å². The number of nitrogens with zero attached hydrogens (tertiary/aromatic N) is 1. The predicted octanol–water partition coefficient (Wildman–Crippen LogP) is 0.639. The molecular formula is C9H12F3NO4. The lowest BCUT2D eigenvalue weighted by molar-refractivity contribution is -0.191. The summed E-state index contributed by atoms with van der Waals surface area (Å²) in [4.78, 5) is 22.4. The fourth-order valence-electron chi connectivity index (χ4n) is 1.49. The van der Waals surface area contributed by atoms with E-state index in [4.69, 9.17) is 5.11 Å². The Kier molecular flexibility index (Phi) is 3.97. The molecular weight excluding hydrogens is 243 g/mol. The van der Waals surface area contributed by atoms with Crippen LogP contribution in [0.5, 0.6) is 0 Å². The molecule has 0 aromatic carbocycles. The molecule has 1 aliphatic rings. The minimum atomic E-state index is -5.07. The largest absolute Gasteiger partial charge is 0.480 e. The molecule has 0 saturated heterocycles. The van der Waals surface area contributed by atoms with Gasteiger partial charge in [-0.2, -0.15) is 13.2 Å². The van der Waals surface area contributed by atoms with Gasteiger partial charge in [-0.15, -0.1) is 0 Å². The summed E-state index contributed by atoms with van der Waals surface area (Å²) in [5.41, 5.74) is 0. The number of methoxy groups -OCH3 is 1.